The SMILES string of the molecule is CCNC(=O)N(C)CC1CCCNC1. The molecule has 1 heterocycles. The molecule has 2 N–H and O–H groups in total. The van der Waals surface area contributed by atoms with Crippen molar-refractivity contribution in [3.05, 3.63) is 0 Å². The van der Waals surface area contributed by atoms with Crippen molar-refractivity contribution in [1.29, 1.82) is 0 Å². The Morgan fingerprint density at radius 2 is 2.43 bits per heavy atom. The van der Waals surface area contributed by atoms with E-state index in [9.17, 15) is 4.79 Å². The van der Waals surface area contributed by atoms with Crippen LogP contribution in [0.15, 0.2) is 0 Å². The van der Waals surface area contributed by atoms with Crippen LogP contribution in [0.1, 0.15) is 19.8 Å². The normalized spacial score (nSPS) is 21.7. The molecule has 0 saturated carbocycles. The van der Waals surface area contributed by atoms with E-state index >= 15 is 0 Å². The second kappa shape index (κ2) is 5.86. The summed E-state index contributed by atoms with van der Waals surface area (Å²) in [6.07, 6.45) is 2.46. The minimum atomic E-state index is 0.0399. The minimum Gasteiger partial charge on any atom is -0.338 e. The Labute approximate surface area is 86.0 Å². The molecule has 0 aliphatic carbocycles. The fourth-order valence-corrected chi connectivity index (χ4v) is 1.84. The van der Waals surface area contributed by atoms with Gasteiger partial charge >= 0.3 is 6.03 Å². The van der Waals surface area contributed by atoms with Gasteiger partial charge in [0.25, 0.3) is 0 Å². The highest BCUT2D eigenvalue weighted by Gasteiger charge is 2.17. The molecule has 82 valence electrons. The molecule has 0 bridgehead atoms. The largest absolute Gasteiger partial charge is 0.338 e. The summed E-state index contributed by atoms with van der Waals surface area (Å²) in [6.45, 7) is 5.67. The first-order chi connectivity index (χ1) is 6.74. The maximum absolute atomic E-state index is 11.4. The highest BCUT2D eigenvalue weighted by atomic mass is 16.2. The number of urea groups is 1. The van der Waals surface area contributed by atoms with E-state index < -0.39 is 0 Å². The number of piperidine rings is 1. The summed E-state index contributed by atoms with van der Waals surface area (Å²) in [7, 11) is 1.86. The van der Waals surface area contributed by atoms with Crippen LogP contribution in [0.2, 0.25) is 0 Å². The Morgan fingerprint density at radius 1 is 1.64 bits per heavy atom. The molecule has 1 unspecified atom stereocenters. The van der Waals surface area contributed by atoms with Crippen molar-refractivity contribution in [3.63, 3.8) is 0 Å². The molecule has 14 heavy (non-hydrogen) atoms. The van der Waals surface area contributed by atoms with E-state index in [0.717, 1.165) is 19.6 Å². The average molecular weight is 199 g/mol. The first-order valence-corrected chi connectivity index (χ1v) is 5.43. The second-order valence-electron chi connectivity index (χ2n) is 3.93. The standard InChI is InChI=1S/C10H21N3O/c1-3-12-10(14)13(2)8-9-5-4-6-11-7-9/h9,11H,3-8H2,1-2H3,(H,12,14). The Kier molecular flexibility index (Phi) is 4.73. The molecule has 0 aromatic carbocycles. The monoisotopic (exact) mass is 199 g/mol. The third-order valence-corrected chi connectivity index (χ3v) is 2.61. The smallest absolute Gasteiger partial charge is 0.317 e. The lowest BCUT2D eigenvalue weighted by Crippen LogP contribution is -2.43. The number of hydrogen-bond acceptors (Lipinski definition) is 2. The summed E-state index contributed by atoms with van der Waals surface area (Å²) >= 11 is 0. The number of carbonyl (C=O) groups is 1. The lowest BCUT2D eigenvalue weighted by molar-refractivity contribution is 0.195. The van der Waals surface area contributed by atoms with Gasteiger partial charge in [-0.05, 0) is 38.8 Å². The Hall–Kier alpha value is -0.770. The lowest BCUT2D eigenvalue weighted by atomic mass is 9.99. The molecule has 0 radical (unpaired) electrons. The lowest BCUT2D eigenvalue weighted by Gasteiger charge is -2.27. The summed E-state index contributed by atoms with van der Waals surface area (Å²) in [5.74, 6) is 0.622. The molecule has 1 rings (SSSR count). The summed E-state index contributed by atoms with van der Waals surface area (Å²) in [4.78, 5) is 13.2. The molecule has 2 amide bonds. The van der Waals surface area contributed by atoms with Gasteiger partial charge in [0.2, 0.25) is 0 Å². The van der Waals surface area contributed by atoms with Crippen molar-refractivity contribution in [2.24, 2.45) is 5.92 Å². The van der Waals surface area contributed by atoms with Gasteiger partial charge in [0.1, 0.15) is 0 Å². The molecule has 0 aromatic rings. The van der Waals surface area contributed by atoms with E-state index in [4.69, 9.17) is 0 Å². The average Bonchev–Trinajstić information content (AvgIpc) is 2.19. The fraction of sp³-hybridized carbons (Fsp3) is 0.900. The van der Waals surface area contributed by atoms with Gasteiger partial charge in [-0.1, -0.05) is 0 Å². The zero-order chi connectivity index (χ0) is 10.4. The van der Waals surface area contributed by atoms with Crippen LogP contribution in [0.4, 0.5) is 4.79 Å². The van der Waals surface area contributed by atoms with Crippen LogP contribution >= 0.6 is 0 Å². The Bertz CT molecular complexity index is 178. The summed E-state index contributed by atoms with van der Waals surface area (Å²) in [5, 5.41) is 6.15. The molecule has 1 saturated heterocycles. The van der Waals surface area contributed by atoms with Gasteiger partial charge in [-0.3, -0.25) is 0 Å². The first-order valence-electron chi connectivity index (χ1n) is 5.43. The molecule has 4 heteroatoms. The molecule has 0 aromatic heterocycles. The maximum atomic E-state index is 11.4. The van der Waals surface area contributed by atoms with Gasteiger partial charge in [-0.25, -0.2) is 4.79 Å². The molecule has 1 aliphatic heterocycles. The number of carbonyl (C=O) groups excluding carboxylic acids is 1. The van der Waals surface area contributed by atoms with Gasteiger partial charge < -0.3 is 15.5 Å². The van der Waals surface area contributed by atoms with E-state index in [1.807, 2.05) is 14.0 Å². The van der Waals surface area contributed by atoms with Gasteiger partial charge in [0.15, 0.2) is 0 Å². The van der Waals surface area contributed by atoms with Gasteiger partial charge in [0, 0.05) is 20.1 Å². The number of rotatable bonds is 3. The predicted molar refractivity (Wildman–Crippen MR) is 57.3 cm³/mol. The van der Waals surface area contributed by atoms with E-state index in [1.54, 1.807) is 4.90 Å². The summed E-state index contributed by atoms with van der Waals surface area (Å²) in [5.41, 5.74) is 0. The van der Waals surface area contributed by atoms with Crippen LogP contribution in [0.5, 0.6) is 0 Å². The number of hydrogen-bond donors (Lipinski definition) is 2. The molecule has 1 atom stereocenters. The van der Waals surface area contributed by atoms with Crippen molar-refractivity contribution < 1.29 is 4.79 Å². The molecule has 4 nitrogen and oxygen atoms in total. The third kappa shape index (κ3) is 3.54. The van der Waals surface area contributed by atoms with E-state index in [1.165, 1.54) is 12.8 Å². The van der Waals surface area contributed by atoms with Crippen LogP contribution in [0, 0.1) is 5.92 Å². The number of nitrogens with zero attached hydrogens (tertiary/aromatic N) is 1. The van der Waals surface area contributed by atoms with Crippen molar-refractivity contribution in [2.75, 3.05) is 33.2 Å². The van der Waals surface area contributed by atoms with Gasteiger partial charge in [-0.15, -0.1) is 0 Å². The quantitative estimate of drug-likeness (QED) is 0.701. The first kappa shape index (κ1) is 11.3. The maximum Gasteiger partial charge on any atom is 0.317 e. The minimum absolute atomic E-state index is 0.0399. The van der Waals surface area contributed by atoms with Crippen LogP contribution < -0.4 is 10.6 Å². The number of amides is 2. The third-order valence-electron chi connectivity index (χ3n) is 2.61. The summed E-state index contributed by atoms with van der Waals surface area (Å²) < 4.78 is 0. The van der Waals surface area contributed by atoms with Crippen LogP contribution in [0.3, 0.4) is 0 Å². The highest BCUT2D eigenvalue weighted by molar-refractivity contribution is 5.73. The Balaban J connectivity index is 2.24. The highest BCUT2D eigenvalue weighted by Crippen LogP contribution is 2.10. The van der Waals surface area contributed by atoms with Crippen molar-refractivity contribution >= 4 is 6.03 Å². The van der Waals surface area contributed by atoms with E-state index in [0.29, 0.717) is 12.5 Å². The van der Waals surface area contributed by atoms with Crippen LogP contribution in [0.25, 0.3) is 0 Å². The van der Waals surface area contributed by atoms with Crippen molar-refractivity contribution in [3.8, 4) is 0 Å². The zero-order valence-corrected chi connectivity index (χ0v) is 9.18. The molecule has 0 spiro atoms. The molecule has 1 aliphatic rings. The zero-order valence-electron chi connectivity index (χ0n) is 9.18. The van der Waals surface area contributed by atoms with Gasteiger partial charge in [0.05, 0.1) is 0 Å². The van der Waals surface area contributed by atoms with E-state index in [2.05, 4.69) is 10.6 Å². The fourth-order valence-electron chi connectivity index (χ4n) is 1.84. The number of nitrogens with one attached hydrogen (secondary N) is 2. The molecular formula is C10H21N3O. The van der Waals surface area contributed by atoms with Gasteiger partial charge in [-0.2, -0.15) is 0 Å². The van der Waals surface area contributed by atoms with Crippen molar-refractivity contribution in [2.45, 2.75) is 19.8 Å². The Morgan fingerprint density at radius 3 is 3.00 bits per heavy atom. The predicted octanol–water partition coefficient (Wildman–Crippen LogP) is 0.647. The topological polar surface area (TPSA) is 44.4 Å². The van der Waals surface area contributed by atoms with Crippen LogP contribution in [-0.2, 0) is 0 Å². The van der Waals surface area contributed by atoms with Crippen LogP contribution in [-0.4, -0.2) is 44.2 Å². The van der Waals surface area contributed by atoms with E-state index in [-0.39, 0.29) is 6.03 Å². The van der Waals surface area contributed by atoms with Crippen molar-refractivity contribution in [1.82, 2.24) is 15.5 Å². The molecule has 1 fully saturated rings. The molecular weight excluding hydrogens is 178 g/mol. The summed E-state index contributed by atoms with van der Waals surface area (Å²) in [6, 6.07) is 0.0399. The second-order valence-corrected chi connectivity index (χ2v) is 3.93.